The predicted molar refractivity (Wildman–Crippen MR) is 102 cm³/mol. The Labute approximate surface area is 158 Å². The van der Waals surface area contributed by atoms with Gasteiger partial charge in [0.1, 0.15) is 11.4 Å². The number of aliphatic imine (C=N–C) groups is 1. The van der Waals surface area contributed by atoms with Crippen LogP contribution in [0.1, 0.15) is 31.1 Å². The molecule has 2 amide bonds. The molecule has 0 spiro atoms. The van der Waals surface area contributed by atoms with Crippen molar-refractivity contribution < 1.29 is 14.3 Å². The molecule has 1 heterocycles. The third-order valence-corrected chi connectivity index (χ3v) is 4.03. The van der Waals surface area contributed by atoms with E-state index >= 15 is 0 Å². The molecule has 0 radical (unpaired) electrons. The first-order valence-corrected chi connectivity index (χ1v) is 9.00. The third-order valence-electron chi connectivity index (χ3n) is 3.75. The van der Waals surface area contributed by atoms with Crippen LogP contribution in [-0.2, 0) is 4.74 Å². The summed E-state index contributed by atoms with van der Waals surface area (Å²) in [4.78, 5) is 32.5. The van der Waals surface area contributed by atoms with E-state index in [9.17, 15) is 9.59 Å². The van der Waals surface area contributed by atoms with Gasteiger partial charge in [-0.25, -0.2) is 9.79 Å². The predicted octanol–water partition coefficient (Wildman–Crippen LogP) is 2.61. The minimum Gasteiger partial charge on any atom is -0.444 e. The van der Waals surface area contributed by atoms with Crippen LogP contribution in [0.25, 0.3) is 0 Å². The van der Waals surface area contributed by atoms with Crippen LogP contribution in [0, 0.1) is 0 Å². The fourth-order valence-corrected chi connectivity index (χ4v) is 2.59. The number of hydrogen-bond acceptors (Lipinski definition) is 4. The van der Waals surface area contributed by atoms with Crippen LogP contribution in [0.4, 0.5) is 10.5 Å². The first-order chi connectivity index (χ1) is 12.2. The number of nitrogens with zero attached hydrogens (tertiary/aromatic N) is 3. The molecule has 1 saturated heterocycles. The Kier molecular flexibility index (Phi) is 6.47. The number of alkyl halides is 1. The average molecular weight is 381 g/mol. The Bertz CT molecular complexity index is 692. The SMILES string of the molecule is CC(C)(C)OC(=O)N1CCN(C(=O)c2ccccc2N=C(N)CCl)CC1. The molecule has 0 aliphatic carbocycles. The molecule has 0 aromatic heterocycles. The highest BCUT2D eigenvalue weighted by Crippen LogP contribution is 2.22. The van der Waals surface area contributed by atoms with E-state index in [2.05, 4.69) is 4.99 Å². The zero-order chi connectivity index (χ0) is 19.3. The lowest BCUT2D eigenvalue weighted by Crippen LogP contribution is -2.51. The van der Waals surface area contributed by atoms with Gasteiger partial charge in [-0.3, -0.25) is 4.79 Å². The fraction of sp³-hybridized carbons (Fsp3) is 0.500. The number of amidine groups is 1. The number of halogens is 1. The van der Waals surface area contributed by atoms with Crippen molar-refractivity contribution in [3.05, 3.63) is 29.8 Å². The molecule has 1 fully saturated rings. The molecule has 1 aromatic rings. The normalized spacial score (nSPS) is 15.8. The molecule has 0 saturated carbocycles. The molecule has 1 aliphatic heterocycles. The zero-order valence-corrected chi connectivity index (χ0v) is 16.1. The molecule has 2 rings (SSSR count). The first-order valence-electron chi connectivity index (χ1n) is 8.46. The largest absolute Gasteiger partial charge is 0.444 e. The second kappa shape index (κ2) is 8.40. The van der Waals surface area contributed by atoms with Gasteiger partial charge in [-0.05, 0) is 32.9 Å². The summed E-state index contributed by atoms with van der Waals surface area (Å²) in [6, 6.07) is 7.00. The van der Waals surface area contributed by atoms with E-state index in [1.54, 1.807) is 34.1 Å². The summed E-state index contributed by atoms with van der Waals surface area (Å²) in [6.07, 6.45) is -0.357. The molecule has 0 unspecified atom stereocenters. The number of piperazine rings is 1. The van der Waals surface area contributed by atoms with E-state index < -0.39 is 5.60 Å². The van der Waals surface area contributed by atoms with E-state index in [0.717, 1.165) is 0 Å². The van der Waals surface area contributed by atoms with Crippen molar-refractivity contribution in [3.63, 3.8) is 0 Å². The summed E-state index contributed by atoms with van der Waals surface area (Å²) in [5, 5.41) is 0. The fourth-order valence-electron chi connectivity index (χ4n) is 2.53. The molecule has 2 N–H and O–H groups in total. The number of amides is 2. The van der Waals surface area contributed by atoms with Gasteiger partial charge in [-0.15, -0.1) is 11.6 Å². The van der Waals surface area contributed by atoms with Crippen molar-refractivity contribution in [2.45, 2.75) is 26.4 Å². The Balaban J connectivity index is 2.04. The first kappa shape index (κ1) is 20.0. The van der Waals surface area contributed by atoms with Crippen LogP contribution in [0.2, 0.25) is 0 Å². The van der Waals surface area contributed by atoms with Crippen LogP contribution in [0.3, 0.4) is 0 Å². The number of hydrogen-bond donors (Lipinski definition) is 1. The van der Waals surface area contributed by atoms with E-state index in [-0.39, 0.29) is 23.7 Å². The Hall–Kier alpha value is -2.28. The minimum absolute atomic E-state index is 0.0943. The van der Waals surface area contributed by atoms with Gasteiger partial charge in [0, 0.05) is 26.2 Å². The summed E-state index contributed by atoms with van der Waals surface area (Å²) in [7, 11) is 0. The maximum Gasteiger partial charge on any atom is 0.410 e. The lowest BCUT2D eigenvalue weighted by atomic mass is 10.1. The minimum atomic E-state index is -0.538. The van der Waals surface area contributed by atoms with Gasteiger partial charge in [0.25, 0.3) is 5.91 Å². The van der Waals surface area contributed by atoms with E-state index in [4.69, 9.17) is 22.1 Å². The lowest BCUT2D eigenvalue weighted by molar-refractivity contribution is 0.0141. The van der Waals surface area contributed by atoms with Crippen LogP contribution in [-0.4, -0.2) is 65.3 Å². The molecule has 1 aromatic carbocycles. The summed E-state index contributed by atoms with van der Waals surface area (Å²) in [5.41, 5.74) is 6.11. The topological polar surface area (TPSA) is 88.2 Å². The van der Waals surface area contributed by atoms with Gasteiger partial charge < -0.3 is 20.3 Å². The molecule has 142 valence electrons. The number of carbonyl (C=O) groups excluding carboxylic acids is 2. The van der Waals surface area contributed by atoms with E-state index in [0.29, 0.717) is 37.4 Å². The Morgan fingerprint density at radius 2 is 1.73 bits per heavy atom. The number of nitrogens with two attached hydrogens (primary N) is 1. The van der Waals surface area contributed by atoms with Crippen LogP contribution in [0.5, 0.6) is 0 Å². The highest BCUT2D eigenvalue weighted by Gasteiger charge is 2.28. The number of benzene rings is 1. The summed E-state index contributed by atoms with van der Waals surface area (Å²) >= 11 is 5.67. The van der Waals surface area contributed by atoms with Crippen molar-refractivity contribution >= 4 is 35.1 Å². The maximum absolute atomic E-state index is 12.8. The van der Waals surface area contributed by atoms with Crippen molar-refractivity contribution in [1.29, 1.82) is 0 Å². The zero-order valence-electron chi connectivity index (χ0n) is 15.4. The van der Waals surface area contributed by atoms with Crippen LogP contribution < -0.4 is 5.73 Å². The van der Waals surface area contributed by atoms with Crippen molar-refractivity contribution in [1.82, 2.24) is 9.80 Å². The standard InChI is InChI=1S/C18H25ClN4O3/c1-18(2,3)26-17(25)23-10-8-22(9-11-23)16(24)13-6-4-5-7-14(13)21-15(20)12-19/h4-7H,8-12H2,1-3H3,(H2,20,21). The summed E-state index contributed by atoms with van der Waals surface area (Å²) in [5.74, 6) is 0.203. The Morgan fingerprint density at radius 3 is 2.31 bits per heavy atom. The molecule has 1 aliphatic rings. The number of carbonyl (C=O) groups is 2. The highest BCUT2D eigenvalue weighted by molar-refractivity contribution is 6.28. The number of para-hydroxylation sites is 1. The average Bonchev–Trinajstić information content (AvgIpc) is 2.60. The van der Waals surface area contributed by atoms with Gasteiger partial charge in [0.15, 0.2) is 0 Å². The molecule has 0 atom stereocenters. The van der Waals surface area contributed by atoms with Gasteiger partial charge in [0.05, 0.1) is 17.1 Å². The van der Waals surface area contributed by atoms with Crippen molar-refractivity contribution in [2.24, 2.45) is 10.7 Å². The molecule has 26 heavy (non-hydrogen) atoms. The smallest absolute Gasteiger partial charge is 0.410 e. The molecule has 8 heteroatoms. The van der Waals surface area contributed by atoms with Crippen LogP contribution in [0.15, 0.2) is 29.3 Å². The van der Waals surface area contributed by atoms with Crippen LogP contribution >= 0.6 is 11.6 Å². The maximum atomic E-state index is 12.8. The Morgan fingerprint density at radius 1 is 1.15 bits per heavy atom. The second-order valence-corrected chi connectivity index (χ2v) is 7.28. The number of ether oxygens (including phenoxy) is 1. The van der Waals surface area contributed by atoms with Crippen molar-refractivity contribution in [3.8, 4) is 0 Å². The molecule has 0 bridgehead atoms. The molecule has 7 nitrogen and oxygen atoms in total. The monoisotopic (exact) mass is 380 g/mol. The second-order valence-electron chi connectivity index (χ2n) is 7.01. The summed E-state index contributed by atoms with van der Waals surface area (Å²) < 4.78 is 5.37. The quantitative estimate of drug-likeness (QED) is 0.496. The third kappa shape index (κ3) is 5.36. The van der Waals surface area contributed by atoms with E-state index in [1.807, 2.05) is 20.8 Å². The molecular weight excluding hydrogens is 356 g/mol. The van der Waals surface area contributed by atoms with Crippen molar-refractivity contribution in [2.75, 3.05) is 32.1 Å². The van der Waals surface area contributed by atoms with Gasteiger partial charge >= 0.3 is 6.09 Å². The number of rotatable bonds is 3. The molecular formula is C18H25ClN4O3. The van der Waals surface area contributed by atoms with Gasteiger partial charge in [0.2, 0.25) is 0 Å². The highest BCUT2D eigenvalue weighted by atomic mass is 35.5. The van der Waals surface area contributed by atoms with Gasteiger partial charge in [-0.2, -0.15) is 0 Å². The van der Waals surface area contributed by atoms with Gasteiger partial charge in [-0.1, -0.05) is 12.1 Å². The lowest BCUT2D eigenvalue weighted by Gasteiger charge is -2.35. The summed E-state index contributed by atoms with van der Waals surface area (Å²) in [6.45, 7) is 7.20. The van der Waals surface area contributed by atoms with E-state index in [1.165, 1.54) is 0 Å².